The van der Waals surface area contributed by atoms with Crippen LogP contribution in [0.4, 0.5) is 0 Å². The molecule has 0 bridgehead atoms. The van der Waals surface area contributed by atoms with Crippen molar-refractivity contribution in [2.24, 2.45) is 0 Å². The maximum absolute atomic E-state index is 5.39. The van der Waals surface area contributed by atoms with Gasteiger partial charge in [0.15, 0.2) is 5.82 Å². The Morgan fingerprint density at radius 1 is 0.364 bits per heavy atom. The van der Waals surface area contributed by atoms with Gasteiger partial charge in [-0.05, 0) is 85.8 Å². The smallest absolute Gasteiger partial charge is 0.160 e. The van der Waals surface area contributed by atoms with E-state index in [2.05, 4.69) is 176 Å². The number of thiophene rings is 1. The van der Waals surface area contributed by atoms with Crippen LogP contribution >= 0.6 is 11.3 Å². The van der Waals surface area contributed by atoms with Crippen molar-refractivity contribution < 1.29 is 0 Å². The van der Waals surface area contributed by atoms with E-state index in [1.54, 1.807) is 11.3 Å². The third-order valence-corrected chi connectivity index (χ3v) is 11.9. The number of fused-ring (bicyclic) bond motifs is 7. The lowest BCUT2D eigenvalue weighted by molar-refractivity contribution is 1.24. The zero-order chi connectivity index (χ0) is 36.3. The van der Waals surface area contributed by atoms with E-state index < -0.39 is 0 Å². The van der Waals surface area contributed by atoms with Crippen molar-refractivity contribution >= 4 is 64.1 Å². The fourth-order valence-electron chi connectivity index (χ4n) is 8.06. The number of rotatable bonds is 5. The largest absolute Gasteiger partial charge is 0.256 e. The van der Waals surface area contributed by atoms with Crippen molar-refractivity contribution in [2.45, 2.75) is 0 Å². The molecule has 8 aromatic carbocycles. The summed E-state index contributed by atoms with van der Waals surface area (Å²) in [6.07, 6.45) is 1.87. The second kappa shape index (κ2) is 12.8. The highest BCUT2D eigenvalue weighted by molar-refractivity contribution is 7.26. The summed E-state index contributed by atoms with van der Waals surface area (Å²) in [4.78, 5) is 15.5. The van der Waals surface area contributed by atoms with Crippen molar-refractivity contribution in [2.75, 3.05) is 0 Å². The summed E-state index contributed by atoms with van der Waals surface area (Å²) in [5, 5.41) is 7.21. The van der Waals surface area contributed by atoms with Gasteiger partial charge in [0.2, 0.25) is 0 Å². The van der Waals surface area contributed by atoms with Gasteiger partial charge in [0.25, 0.3) is 0 Å². The van der Waals surface area contributed by atoms with E-state index in [4.69, 9.17) is 15.0 Å². The molecular formula is C51H31N3S. The van der Waals surface area contributed by atoms with Gasteiger partial charge < -0.3 is 0 Å². The minimum atomic E-state index is 0.710. The Bertz CT molecular complexity index is 3250. The first-order chi connectivity index (χ1) is 27.2. The summed E-state index contributed by atoms with van der Waals surface area (Å²) in [5.41, 5.74) is 11.8. The molecule has 55 heavy (non-hydrogen) atoms. The van der Waals surface area contributed by atoms with Crippen molar-refractivity contribution in [3.63, 3.8) is 0 Å². The standard InChI is InChI=1S/C51H31N3S/c1-2-12-35(13-3-1)48-50-49(44-20-8-9-22-46(44)55-50)54-51(53-48)39-29-37(32-23-25-33(26-24-32)41-21-10-15-34-16-11-27-52-47(34)41)28-38(30-39)45-31-36-14-4-5-17-40(36)42-18-6-7-19-43(42)45/h1-31H. The van der Waals surface area contributed by atoms with Crippen molar-refractivity contribution in [3.8, 4) is 56.0 Å². The Kier molecular flexibility index (Phi) is 7.35. The zero-order valence-electron chi connectivity index (χ0n) is 29.6. The summed E-state index contributed by atoms with van der Waals surface area (Å²) >= 11 is 1.76. The van der Waals surface area contributed by atoms with Crippen LogP contribution in [0.25, 0.3) is 109 Å². The highest BCUT2D eigenvalue weighted by atomic mass is 32.1. The molecule has 0 aliphatic carbocycles. The number of nitrogens with zero attached hydrogens (tertiary/aromatic N) is 3. The molecule has 3 heterocycles. The summed E-state index contributed by atoms with van der Waals surface area (Å²) in [5.74, 6) is 0.710. The van der Waals surface area contributed by atoms with E-state index in [1.807, 2.05) is 12.3 Å². The maximum atomic E-state index is 5.39. The summed E-state index contributed by atoms with van der Waals surface area (Å²) in [6, 6.07) is 65.0. The molecule has 4 heteroatoms. The van der Waals surface area contributed by atoms with Crippen LogP contribution in [0.15, 0.2) is 188 Å². The van der Waals surface area contributed by atoms with Crippen LogP contribution in [-0.4, -0.2) is 15.0 Å². The van der Waals surface area contributed by atoms with E-state index in [9.17, 15) is 0 Å². The average Bonchev–Trinajstić information content (AvgIpc) is 3.64. The molecule has 11 rings (SSSR count). The molecule has 0 amide bonds. The lowest BCUT2D eigenvalue weighted by atomic mass is 9.90. The quantitative estimate of drug-likeness (QED) is 0.166. The van der Waals surface area contributed by atoms with Gasteiger partial charge >= 0.3 is 0 Å². The number of para-hydroxylation sites is 1. The fraction of sp³-hybridized carbons (Fsp3) is 0. The predicted molar refractivity (Wildman–Crippen MR) is 232 cm³/mol. The molecule has 0 spiro atoms. The normalized spacial score (nSPS) is 11.6. The maximum Gasteiger partial charge on any atom is 0.160 e. The summed E-state index contributed by atoms with van der Waals surface area (Å²) in [6.45, 7) is 0. The van der Waals surface area contributed by atoms with Crippen molar-refractivity contribution in [3.05, 3.63) is 188 Å². The number of aromatic nitrogens is 3. The van der Waals surface area contributed by atoms with Crippen LogP contribution in [0.2, 0.25) is 0 Å². The van der Waals surface area contributed by atoms with Gasteiger partial charge in [0, 0.05) is 38.4 Å². The number of benzene rings is 8. The second-order valence-electron chi connectivity index (χ2n) is 14.0. The summed E-state index contributed by atoms with van der Waals surface area (Å²) in [7, 11) is 0. The zero-order valence-corrected chi connectivity index (χ0v) is 30.5. The number of pyridine rings is 1. The molecule has 3 nitrogen and oxygen atoms in total. The second-order valence-corrected chi connectivity index (χ2v) is 15.0. The van der Waals surface area contributed by atoms with Crippen molar-refractivity contribution in [1.82, 2.24) is 15.0 Å². The third kappa shape index (κ3) is 5.38. The molecule has 0 saturated carbocycles. The highest BCUT2D eigenvalue weighted by Gasteiger charge is 2.19. The van der Waals surface area contributed by atoms with E-state index in [-0.39, 0.29) is 0 Å². The van der Waals surface area contributed by atoms with Crippen LogP contribution < -0.4 is 0 Å². The molecule has 0 radical (unpaired) electrons. The molecule has 3 aromatic heterocycles. The Labute approximate surface area is 321 Å². The minimum Gasteiger partial charge on any atom is -0.256 e. The van der Waals surface area contributed by atoms with Gasteiger partial charge in [-0.1, -0.05) is 146 Å². The first-order valence-electron chi connectivity index (χ1n) is 18.5. The molecule has 0 N–H and O–H groups in total. The van der Waals surface area contributed by atoms with E-state index in [0.29, 0.717) is 5.82 Å². The van der Waals surface area contributed by atoms with Crippen molar-refractivity contribution in [1.29, 1.82) is 0 Å². The van der Waals surface area contributed by atoms with Gasteiger partial charge in [-0.15, -0.1) is 11.3 Å². The highest BCUT2D eigenvalue weighted by Crippen LogP contribution is 2.42. The van der Waals surface area contributed by atoms with Gasteiger partial charge in [0.05, 0.1) is 21.4 Å². The van der Waals surface area contributed by atoms with Gasteiger partial charge in [-0.2, -0.15) is 0 Å². The molecule has 11 aromatic rings. The van der Waals surface area contributed by atoms with Gasteiger partial charge in [0.1, 0.15) is 0 Å². The predicted octanol–water partition coefficient (Wildman–Crippen LogP) is 14.0. The monoisotopic (exact) mass is 717 g/mol. The molecule has 0 unspecified atom stereocenters. The first-order valence-corrected chi connectivity index (χ1v) is 19.3. The molecule has 0 fully saturated rings. The van der Waals surface area contributed by atoms with Crippen LogP contribution in [0.5, 0.6) is 0 Å². The Morgan fingerprint density at radius 3 is 1.91 bits per heavy atom. The molecular weight excluding hydrogens is 687 g/mol. The molecule has 0 aliphatic rings. The SMILES string of the molecule is c1ccc(-c2nc(-c3cc(-c4ccc(-c5cccc6cccnc56)cc4)cc(-c4cc5ccccc5c5ccccc45)c3)nc3c2sc2ccccc23)cc1. The Morgan fingerprint density at radius 2 is 1.04 bits per heavy atom. The first kappa shape index (κ1) is 31.5. The molecule has 0 aliphatic heterocycles. The van der Waals surface area contributed by atoms with E-state index in [1.165, 1.54) is 31.8 Å². The molecule has 0 atom stereocenters. The van der Waals surface area contributed by atoms with Gasteiger partial charge in [-0.25, -0.2) is 9.97 Å². The Balaban J connectivity index is 1.16. The summed E-state index contributed by atoms with van der Waals surface area (Å²) < 4.78 is 2.31. The van der Waals surface area contributed by atoms with Gasteiger partial charge in [-0.3, -0.25) is 4.98 Å². The van der Waals surface area contributed by atoms with Crippen LogP contribution in [-0.2, 0) is 0 Å². The number of hydrogen-bond acceptors (Lipinski definition) is 4. The fourth-order valence-corrected chi connectivity index (χ4v) is 9.22. The van der Waals surface area contributed by atoms with E-state index >= 15 is 0 Å². The average molecular weight is 718 g/mol. The lowest BCUT2D eigenvalue weighted by Gasteiger charge is -2.15. The Hall–Kier alpha value is -7.01. The molecule has 256 valence electrons. The number of hydrogen-bond donors (Lipinski definition) is 0. The lowest BCUT2D eigenvalue weighted by Crippen LogP contribution is -1.95. The van der Waals surface area contributed by atoms with Crippen LogP contribution in [0, 0.1) is 0 Å². The third-order valence-electron chi connectivity index (χ3n) is 10.7. The van der Waals surface area contributed by atoms with Crippen LogP contribution in [0.1, 0.15) is 0 Å². The topological polar surface area (TPSA) is 38.7 Å². The van der Waals surface area contributed by atoms with Crippen LogP contribution in [0.3, 0.4) is 0 Å². The van der Waals surface area contributed by atoms with E-state index in [0.717, 1.165) is 71.1 Å². The minimum absolute atomic E-state index is 0.710. The molecule has 0 saturated heterocycles.